The van der Waals surface area contributed by atoms with Gasteiger partial charge in [0.15, 0.2) is 5.69 Å². The highest BCUT2D eigenvalue weighted by molar-refractivity contribution is 5.96. The Morgan fingerprint density at radius 1 is 1.18 bits per heavy atom. The Morgan fingerprint density at radius 2 is 2.03 bits per heavy atom. The Balaban J connectivity index is 1.27. The highest BCUT2D eigenvalue weighted by atomic mass is 16.5. The van der Waals surface area contributed by atoms with Crippen molar-refractivity contribution in [3.8, 4) is 0 Å². The van der Waals surface area contributed by atoms with Gasteiger partial charge in [-0.15, -0.1) is 0 Å². The predicted molar refractivity (Wildman–Crippen MR) is 122 cm³/mol. The molecule has 3 aromatic rings. The molecule has 1 aromatic heterocycles. The molecule has 8 heteroatoms. The lowest BCUT2D eigenvalue weighted by molar-refractivity contribution is -0.121. The van der Waals surface area contributed by atoms with Gasteiger partial charge in [-0.1, -0.05) is 18.2 Å². The van der Waals surface area contributed by atoms with Gasteiger partial charge in [0.25, 0.3) is 0 Å². The molecule has 1 saturated heterocycles. The number of amides is 1. The normalized spacial score (nSPS) is 17.1. The Labute approximate surface area is 190 Å². The van der Waals surface area contributed by atoms with Crippen LogP contribution in [0, 0.1) is 13.5 Å². The maximum Gasteiger partial charge on any atom is 0.338 e. The molecular formula is C25H22N4O4. The summed E-state index contributed by atoms with van der Waals surface area (Å²) in [6.07, 6.45) is -0.777. The number of anilines is 1. The molecule has 2 aromatic carbocycles. The third kappa shape index (κ3) is 3.82. The van der Waals surface area contributed by atoms with Gasteiger partial charge in [0.2, 0.25) is 5.91 Å². The first-order chi connectivity index (χ1) is 15.9. The van der Waals surface area contributed by atoms with Crippen molar-refractivity contribution in [1.82, 2.24) is 9.88 Å². The number of rotatable bonds is 4. The lowest BCUT2D eigenvalue weighted by atomic mass is 9.95. The largest absolute Gasteiger partial charge is 0.457 e. The molecule has 0 bridgehead atoms. The van der Waals surface area contributed by atoms with Crippen molar-refractivity contribution in [3.63, 3.8) is 0 Å². The third-order valence-electron chi connectivity index (χ3n) is 6.36. The van der Waals surface area contributed by atoms with Crippen LogP contribution in [0.3, 0.4) is 0 Å². The van der Waals surface area contributed by atoms with Crippen LogP contribution in [0.4, 0.5) is 11.5 Å². The van der Waals surface area contributed by atoms with Crippen LogP contribution in [-0.4, -0.2) is 53.0 Å². The van der Waals surface area contributed by atoms with Crippen molar-refractivity contribution >= 4 is 34.3 Å². The fourth-order valence-corrected chi connectivity index (χ4v) is 4.51. The predicted octanol–water partition coefficient (Wildman–Crippen LogP) is 3.15. The van der Waals surface area contributed by atoms with Gasteiger partial charge >= 0.3 is 5.97 Å². The van der Waals surface area contributed by atoms with Crippen LogP contribution in [0.1, 0.15) is 33.2 Å². The van der Waals surface area contributed by atoms with Crippen LogP contribution in [0.15, 0.2) is 42.5 Å². The second-order valence-corrected chi connectivity index (χ2v) is 8.34. The van der Waals surface area contributed by atoms with Crippen LogP contribution in [-0.2, 0) is 16.1 Å². The highest BCUT2D eigenvalue weighted by Crippen LogP contribution is 2.30. The molecular weight excluding hydrogens is 420 g/mol. The second-order valence-electron chi connectivity index (χ2n) is 8.34. The molecule has 1 amide bonds. The van der Waals surface area contributed by atoms with Gasteiger partial charge in [-0.05, 0) is 47.7 Å². The fourth-order valence-electron chi connectivity index (χ4n) is 4.51. The Bertz CT molecular complexity index is 1330. The first kappa shape index (κ1) is 21.1. The minimum atomic E-state index is -0.777. The number of hydrogen-bond acceptors (Lipinski definition) is 6. The number of aliphatic hydroxyl groups excluding tert-OH is 1. The Kier molecular flexibility index (Phi) is 5.29. The number of β-amino-alcohol motifs (C(OH)–C–C–N with tert-alkyl or cyclic N) is 1. The van der Waals surface area contributed by atoms with Gasteiger partial charge in [-0.3, -0.25) is 14.6 Å². The Hall–Kier alpha value is -3.80. The minimum Gasteiger partial charge on any atom is -0.457 e. The van der Waals surface area contributed by atoms with Gasteiger partial charge in [0.05, 0.1) is 30.3 Å². The van der Waals surface area contributed by atoms with Crippen LogP contribution in [0.5, 0.6) is 0 Å². The lowest BCUT2D eigenvalue weighted by Crippen LogP contribution is -2.51. The SMILES string of the molecule is [C-]#[N+]c1ccc2nc(N3CCN(C[C@H](O)c4ccc5c(c4C)COC5=O)CC3=O)ccc2c1. The van der Waals surface area contributed by atoms with Gasteiger partial charge in [0.1, 0.15) is 12.4 Å². The summed E-state index contributed by atoms with van der Waals surface area (Å²) in [6.45, 7) is 10.8. The van der Waals surface area contributed by atoms with E-state index in [1.807, 2.05) is 17.9 Å². The summed E-state index contributed by atoms with van der Waals surface area (Å²) in [5.74, 6) is 0.176. The summed E-state index contributed by atoms with van der Waals surface area (Å²) < 4.78 is 5.09. The van der Waals surface area contributed by atoms with Crippen LogP contribution < -0.4 is 4.90 Å². The van der Waals surface area contributed by atoms with E-state index < -0.39 is 6.10 Å². The number of piperazine rings is 1. The number of benzene rings is 2. The molecule has 33 heavy (non-hydrogen) atoms. The van der Waals surface area contributed by atoms with E-state index in [0.29, 0.717) is 36.7 Å². The van der Waals surface area contributed by atoms with Gasteiger partial charge in [-0.2, -0.15) is 0 Å². The number of hydrogen-bond donors (Lipinski definition) is 1. The number of fused-ring (bicyclic) bond motifs is 2. The quantitative estimate of drug-likeness (QED) is 0.493. The number of cyclic esters (lactones) is 1. The molecule has 1 atom stereocenters. The van der Waals surface area contributed by atoms with E-state index in [9.17, 15) is 14.7 Å². The summed E-state index contributed by atoms with van der Waals surface area (Å²) in [5.41, 5.74) is 4.27. The minimum absolute atomic E-state index is 0.0808. The second kappa shape index (κ2) is 8.28. The first-order valence-electron chi connectivity index (χ1n) is 10.7. The van der Waals surface area contributed by atoms with Crippen molar-refractivity contribution in [2.75, 3.05) is 31.1 Å². The summed E-state index contributed by atoms with van der Waals surface area (Å²) in [7, 11) is 0. The zero-order chi connectivity index (χ0) is 23.1. The van der Waals surface area contributed by atoms with Crippen molar-refractivity contribution < 1.29 is 19.4 Å². The average molecular weight is 442 g/mol. The van der Waals surface area contributed by atoms with E-state index in [1.54, 1.807) is 41.3 Å². The maximum absolute atomic E-state index is 12.9. The zero-order valence-electron chi connectivity index (χ0n) is 18.1. The lowest BCUT2D eigenvalue weighted by Gasteiger charge is -2.35. The fraction of sp³-hybridized carbons (Fsp3) is 0.280. The smallest absolute Gasteiger partial charge is 0.338 e. The van der Waals surface area contributed by atoms with Gasteiger partial charge in [0, 0.05) is 25.2 Å². The first-order valence-corrected chi connectivity index (χ1v) is 10.7. The van der Waals surface area contributed by atoms with Crippen molar-refractivity contribution in [2.45, 2.75) is 19.6 Å². The molecule has 1 N–H and O–H groups in total. The van der Waals surface area contributed by atoms with Crippen molar-refractivity contribution in [1.29, 1.82) is 0 Å². The number of nitrogens with zero attached hydrogens (tertiary/aromatic N) is 4. The third-order valence-corrected chi connectivity index (χ3v) is 6.36. The van der Waals surface area contributed by atoms with E-state index in [0.717, 1.165) is 27.6 Å². The standard InChI is InChI=1S/C25H22N4O4/c1-15-18(5-6-19-20(15)14-33-25(19)32)22(30)12-28-9-10-29(24(31)13-28)23-8-3-16-11-17(26-2)4-7-21(16)27-23/h3-8,11,22,30H,9-10,12-14H2,1H3/t22-/m0/s1. The number of pyridine rings is 1. The molecule has 3 heterocycles. The van der Waals surface area contributed by atoms with E-state index in [-0.39, 0.29) is 25.0 Å². The van der Waals surface area contributed by atoms with Gasteiger partial charge in [-0.25, -0.2) is 14.6 Å². The van der Waals surface area contributed by atoms with E-state index in [2.05, 4.69) is 9.83 Å². The zero-order valence-corrected chi connectivity index (χ0v) is 18.1. The molecule has 8 nitrogen and oxygen atoms in total. The van der Waals surface area contributed by atoms with Gasteiger partial charge < -0.3 is 9.84 Å². The van der Waals surface area contributed by atoms with Crippen molar-refractivity contribution in [2.24, 2.45) is 0 Å². The van der Waals surface area contributed by atoms with Crippen LogP contribution in [0.25, 0.3) is 15.7 Å². The molecule has 0 aliphatic carbocycles. The van der Waals surface area contributed by atoms with E-state index >= 15 is 0 Å². The number of carbonyl (C=O) groups excluding carboxylic acids is 2. The summed E-state index contributed by atoms with van der Waals surface area (Å²) >= 11 is 0. The maximum atomic E-state index is 12.9. The molecule has 0 unspecified atom stereocenters. The number of esters is 1. The molecule has 0 radical (unpaired) electrons. The molecule has 2 aliphatic rings. The van der Waals surface area contributed by atoms with Crippen molar-refractivity contribution in [3.05, 3.63) is 76.1 Å². The molecule has 2 aliphatic heterocycles. The van der Waals surface area contributed by atoms with Crippen LogP contribution in [0.2, 0.25) is 0 Å². The summed E-state index contributed by atoms with van der Waals surface area (Å²) in [5, 5.41) is 11.7. The highest BCUT2D eigenvalue weighted by Gasteiger charge is 2.29. The summed E-state index contributed by atoms with van der Waals surface area (Å²) in [6, 6.07) is 12.4. The number of carbonyl (C=O) groups is 2. The van der Waals surface area contributed by atoms with Crippen LogP contribution >= 0.6 is 0 Å². The number of aliphatic hydroxyl groups is 1. The molecule has 166 valence electrons. The molecule has 5 rings (SSSR count). The Morgan fingerprint density at radius 3 is 2.82 bits per heavy atom. The number of ether oxygens (including phenoxy) is 1. The monoisotopic (exact) mass is 442 g/mol. The molecule has 1 fully saturated rings. The topological polar surface area (TPSA) is 87.3 Å². The number of aromatic nitrogens is 1. The molecule has 0 spiro atoms. The average Bonchev–Trinajstić information content (AvgIpc) is 3.20. The van der Waals surface area contributed by atoms with E-state index in [1.165, 1.54) is 0 Å². The molecule has 0 saturated carbocycles. The van der Waals surface area contributed by atoms with E-state index in [4.69, 9.17) is 11.3 Å². The summed E-state index contributed by atoms with van der Waals surface area (Å²) in [4.78, 5) is 36.3.